The fraction of sp³-hybridized carbons (Fsp3) is 0. The van der Waals surface area contributed by atoms with E-state index in [4.69, 9.17) is 17.3 Å². The summed E-state index contributed by atoms with van der Waals surface area (Å²) in [6, 6.07) is 4.29. The SMILES string of the molecule is Nc1cc(NS(=O)(=O)c2c(F)cc(F)cc2F)ccc1Cl. The minimum atomic E-state index is -4.59. The topological polar surface area (TPSA) is 72.2 Å². The predicted molar refractivity (Wildman–Crippen MR) is 73.0 cm³/mol. The van der Waals surface area contributed by atoms with Crippen molar-refractivity contribution in [3.8, 4) is 0 Å². The number of rotatable bonds is 3. The minimum Gasteiger partial charge on any atom is -0.397 e. The summed E-state index contributed by atoms with van der Waals surface area (Å²) in [5.74, 6) is -4.30. The summed E-state index contributed by atoms with van der Waals surface area (Å²) in [7, 11) is -4.59. The molecule has 0 saturated heterocycles. The number of hydrogen-bond donors (Lipinski definition) is 2. The fourth-order valence-electron chi connectivity index (χ4n) is 1.60. The van der Waals surface area contributed by atoms with Crippen LogP contribution in [0.25, 0.3) is 0 Å². The van der Waals surface area contributed by atoms with Crippen molar-refractivity contribution in [2.75, 3.05) is 10.5 Å². The number of benzene rings is 2. The van der Waals surface area contributed by atoms with Crippen molar-refractivity contribution in [2.24, 2.45) is 0 Å². The molecule has 0 atom stereocenters. The van der Waals surface area contributed by atoms with Gasteiger partial charge in [0.05, 0.1) is 16.4 Å². The van der Waals surface area contributed by atoms with Crippen LogP contribution in [-0.4, -0.2) is 8.42 Å². The Balaban J connectivity index is 2.46. The Kier molecular flexibility index (Phi) is 4.02. The Morgan fingerprint density at radius 1 is 1.05 bits per heavy atom. The van der Waals surface area contributed by atoms with Gasteiger partial charge in [0.25, 0.3) is 10.0 Å². The smallest absolute Gasteiger partial charge is 0.267 e. The Hall–Kier alpha value is -1.93. The first-order chi connectivity index (χ1) is 9.70. The van der Waals surface area contributed by atoms with Gasteiger partial charge in [0.15, 0.2) is 4.90 Å². The molecule has 0 radical (unpaired) electrons. The zero-order valence-electron chi connectivity index (χ0n) is 10.2. The number of nitrogens with one attached hydrogen (secondary N) is 1. The molecule has 21 heavy (non-hydrogen) atoms. The molecule has 4 nitrogen and oxygen atoms in total. The Morgan fingerprint density at radius 3 is 2.14 bits per heavy atom. The van der Waals surface area contributed by atoms with Crippen molar-refractivity contribution in [1.29, 1.82) is 0 Å². The third-order valence-corrected chi connectivity index (χ3v) is 4.26. The molecule has 0 unspecified atom stereocenters. The first kappa shape index (κ1) is 15.5. The van der Waals surface area contributed by atoms with E-state index in [-0.39, 0.29) is 28.5 Å². The van der Waals surface area contributed by atoms with Crippen molar-refractivity contribution in [3.63, 3.8) is 0 Å². The van der Waals surface area contributed by atoms with Gasteiger partial charge in [-0.15, -0.1) is 0 Å². The van der Waals surface area contributed by atoms with Crippen molar-refractivity contribution in [1.82, 2.24) is 0 Å². The molecule has 0 aliphatic heterocycles. The lowest BCUT2D eigenvalue weighted by Crippen LogP contribution is -2.17. The highest BCUT2D eigenvalue weighted by atomic mass is 35.5. The molecule has 2 aromatic carbocycles. The van der Waals surface area contributed by atoms with Gasteiger partial charge in [0.1, 0.15) is 17.5 Å². The molecule has 0 fully saturated rings. The average Bonchev–Trinajstić information content (AvgIpc) is 2.31. The van der Waals surface area contributed by atoms with Crippen molar-refractivity contribution in [2.45, 2.75) is 4.90 Å². The number of halogens is 4. The molecule has 0 spiro atoms. The van der Waals surface area contributed by atoms with E-state index in [0.29, 0.717) is 0 Å². The highest BCUT2D eigenvalue weighted by molar-refractivity contribution is 7.92. The van der Waals surface area contributed by atoms with Crippen LogP contribution in [0.4, 0.5) is 24.5 Å². The second-order valence-electron chi connectivity index (χ2n) is 4.04. The van der Waals surface area contributed by atoms with Crippen LogP contribution < -0.4 is 10.5 Å². The molecule has 0 amide bonds. The third-order valence-electron chi connectivity index (χ3n) is 2.48. The maximum absolute atomic E-state index is 13.5. The maximum Gasteiger partial charge on any atom is 0.267 e. The van der Waals surface area contributed by atoms with Crippen molar-refractivity contribution >= 4 is 33.0 Å². The van der Waals surface area contributed by atoms with Gasteiger partial charge in [-0.05, 0) is 18.2 Å². The van der Waals surface area contributed by atoms with Gasteiger partial charge < -0.3 is 5.73 Å². The number of nitrogen functional groups attached to an aromatic ring is 1. The molecule has 2 aromatic rings. The molecule has 0 aromatic heterocycles. The normalized spacial score (nSPS) is 11.4. The van der Waals surface area contributed by atoms with Crippen LogP contribution in [0.5, 0.6) is 0 Å². The summed E-state index contributed by atoms with van der Waals surface area (Å²) in [4.78, 5) is -1.28. The zero-order valence-corrected chi connectivity index (χ0v) is 11.8. The van der Waals surface area contributed by atoms with E-state index in [1.165, 1.54) is 18.2 Å². The van der Waals surface area contributed by atoms with Gasteiger partial charge >= 0.3 is 0 Å². The second kappa shape index (κ2) is 5.45. The van der Waals surface area contributed by atoms with Crippen molar-refractivity contribution < 1.29 is 21.6 Å². The molecule has 3 N–H and O–H groups in total. The van der Waals surface area contributed by atoms with Crippen LogP contribution in [0.3, 0.4) is 0 Å². The van der Waals surface area contributed by atoms with Gasteiger partial charge in [0.2, 0.25) is 0 Å². The maximum atomic E-state index is 13.5. The second-order valence-corrected chi connectivity index (χ2v) is 6.07. The van der Waals surface area contributed by atoms with Crippen LogP contribution in [0.15, 0.2) is 35.2 Å². The van der Waals surface area contributed by atoms with E-state index < -0.39 is 32.4 Å². The van der Waals surface area contributed by atoms with Crippen LogP contribution in [0, 0.1) is 17.5 Å². The summed E-state index contributed by atoms with van der Waals surface area (Å²) in [5.41, 5.74) is 5.53. The van der Waals surface area contributed by atoms with E-state index in [9.17, 15) is 21.6 Å². The minimum absolute atomic E-state index is 0.0416. The van der Waals surface area contributed by atoms with E-state index in [2.05, 4.69) is 0 Å². The quantitative estimate of drug-likeness (QED) is 0.846. The molecule has 9 heteroatoms. The van der Waals surface area contributed by atoms with Crippen LogP contribution in [0.2, 0.25) is 5.02 Å². The van der Waals surface area contributed by atoms with Gasteiger partial charge in [-0.1, -0.05) is 11.6 Å². The van der Waals surface area contributed by atoms with E-state index in [1.807, 2.05) is 4.72 Å². The lowest BCUT2D eigenvalue weighted by atomic mass is 10.3. The largest absolute Gasteiger partial charge is 0.397 e. The number of nitrogens with two attached hydrogens (primary N) is 1. The number of hydrogen-bond acceptors (Lipinski definition) is 3. The van der Waals surface area contributed by atoms with Gasteiger partial charge in [0, 0.05) is 12.1 Å². The Morgan fingerprint density at radius 2 is 1.62 bits per heavy atom. The van der Waals surface area contributed by atoms with Crippen LogP contribution in [-0.2, 0) is 10.0 Å². The molecule has 0 aliphatic rings. The monoisotopic (exact) mass is 336 g/mol. The Bertz CT molecular complexity index is 789. The molecule has 112 valence electrons. The van der Waals surface area contributed by atoms with E-state index in [1.54, 1.807) is 0 Å². The predicted octanol–water partition coefficient (Wildman–Crippen LogP) is 3.14. The molecule has 2 rings (SSSR count). The Labute approximate surface area is 123 Å². The molecule has 0 bridgehead atoms. The lowest BCUT2D eigenvalue weighted by molar-refractivity contribution is 0.498. The first-order valence-electron chi connectivity index (χ1n) is 5.43. The highest BCUT2D eigenvalue weighted by Crippen LogP contribution is 2.26. The first-order valence-corrected chi connectivity index (χ1v) is 7.29. The summed E-state index contributed by atoms with van der Waals surface area (Å²) < 4.78 is 65.7. The number of anilines is 2. The fourth-order valence-corrected chi connectivity index (χ4v) is 2.89. The summed E-state index contributed by atoms with van der Waals surface area (Å²) in [6.07, 6.45) is 0. The van der Waals surface area contributed by atoms with E-state index >= 15 is 0 Å². The molecule has 0 saturated carbocycles. The summed E-state index contributed by atoms with van der Waals surface area (Å²) >= 11 is 5.67. The number of sulfonamides is 1. The van der Waals surface area contributed by atoms with Gasteiger partial charge in [-0.2, -0.15) is 0 Å². The van der Waals surface area contributed by atoms with Gasteiger partial charge in [-0.25, -0.2) is 21.6 Å². The lowest BCUT2D eigenvalue weighted by Gasteiger charge is -2.10. The molecule has 0 heterocycles. The van der Waals surface area contributed by atoms with Gasteiger partial charge in [-0.3, -0.25) is 4.72 Å². The average molecular weight is 337 g/mol. The summed E-state index contributed by atoms with van der Waals surface area (Å²) in [5, 5.41) is 0.192. The van der Waals surface area contributed by atoms with Crippen LogP contribution in [0.1, 0.15) is 0 Å². The van der Waals surface area contributed by atoms with E-state index in [0.717, 1.165) is 0 Å². The van der Waals surface area contributed by atoms with Crippen LogP contribution >= 0.6 is 11.6 Å². The zero-order chi connectivity index (χ0) is 15.8. The molecular formula is C12H8ClF3N2O2S. The summed E-state index contributed by atoms with van der Waals surface area (Å²) in [6.45, 7) is 0. The molecule has 0 aliphatic carbocycles. The highest BCUT2D eigenvalue weighted by Gasteiger charge is 2.25. The third kappa shape index (κ3) is 3.22. The molecular weight excluding hydrogens is 329 g/mol. The standard InChI is InChI=1S/C12H8ClF3N2O2S/c13-8-2-1-7(5-11(8)17)18-21(19,20)12-9(15)3-6(14)4-10(12)16/h1-5,18H,17H2. The van der Waals surface area contributed by atoms with Crippen molar-refractivity contribution in [3.05, 3.63) is 52.8 Å².